The summed E-state index contributed by atoms with van der Waals surface area (Å²) >= 11 is 0. The van der Waals surface area contributed by atoms with Crippen LogP contribution in [0.15, 0.2) is 48.7 Å². The first-order valence-corrected chi connectivity index (χ1v) is 7.22. The van der Waals surface area contributed by atoms with Gasteiger partial charge in [-0.15, -0.1) is 0 Å². The number of carbonyl (C=O) groups is 2. The van der Waals surface area contributed by atoms with Crippen LogP contribution < -0.4 is 0 Å². The Morgan fingerprint density at radius 1 is 1.14 bits per heavy atom. The van der Waals surface area contributed by atoms with Gasteiger partial charge in [0.1, 0.15) is 5.69 Å². The highest BCUT2D eigenvalue weighted by atomic mass is 16.5. The topological polar surface area (TPSA) is 62.4 Å². The van der Waals surface area contributed by atoms with Crippen molar-refractivity contribution < 1.29 is 14.3 Å². The van der Waals surface area contributed by atoms with Gasteiger partial charge in [-0.3, -0.25) is 4.79 Å². The largest absolute Gasteiger partial charge is 0.451 e. The van der Waals surface area contributed by atoms with E-state index >= 15 is 0 Å². The Bertz CT molecular complexity index is 606. The summed E-state index contributed by atoms with van der Waals surface area (Å²) in [6.07, 6.45) is 1.63. The van der Waals surface area contributed by atoms with E-state index in [1.165, 1.54) is 0 Å². The van der Waals surface area contributed by atoms with Gasteiger partial charge in [-0.1, -0.05) is 30.3 Å². The van der Waals surface area contributed by atoms with Crippen molar-refractivity contribution in [2.24, 2.45) is 0 Å². The van der Waals surface area contributed by atoms with E-state index in [4.69, 9.17) is 4.74 Å². The summed E-state index contributed by atoms with van der Waals surface area (Å²) in [6.45, 7) is 4.11. The molecule has 0 radical (unpaired) electrons. The van der Waals surface area contributed by atoms with E-state index in [1.54, 1.807) is 23.2 Å². The molecule has 2 rings (SSSR count). The molecular weight excluding hydrogens is 280 g/mol. The number of nitrogens with zero attached hydrogens (tertiary/aromatic N) is 1. The number of aromatic nitrogens is 1. The maximum Gasteiger partial charge on any atom is 0.355 e. The van der Waals surface area contributed by atoms with Crippen molar-refractivity contribution in [2.75, 3.05) is 6.61 Å². The molecule has 0 aliphatic heterocycles. The van der Waals surface area contributed by atoms with Gasteiger partial charge in [-0.25, -0.2) is 4.79 Å². The van der Waals surface area contributed by atoms with Crippen molar-refractivity contribution in [2.45, 2.75) is 26.4 Å². The standard InChI is InChI=1S/C17H20N2O3/c1-13(2)19(11-14-7-4-3-5-8-14)16(20)12-22-17(21)15-9-6-10-18-15/h3-10,13,18H,11-12H2,1-2H3. The average Bonchev–Trinajstić information content (AvgIpc) is 3.05. The molecule has 0 bridgehead atoms. The van der Waals surface area contributed by atoms with Crippen molar-refractivity contribution in [3.63, 3.8) is 0 Å². The van der Waals surface area contributed by atoms with Crippen molar-refractivity contribution in [1.82, 2.24) is 9.88 Å². The van der Waals surface area contributed by atoms with Gasteiger partial charge in [0.2, 0.25) is 0 Å². The fourth-order valence-electron chi connectivity index (χ4n) is 2.08. The van der Waals surface area contributed by atoms with E-state index in [1.807, 2.05) is 44.2 Å². The van der Waals surface area contributed by atoms with Crippen LogP contribution in [0.2, 0.25) is 0 Å². The molecule has 1 aromatic carbocycles. The minimum Gasteiger partial charge on any atom is -0.451 e. The molecule has 0 saturated heterocycles. The van der Waals surface area contributed by atoms with Gasteiger partial charge in [0.05, 0.1) is 0 Å². The predicted octanol–water partition coefficient (Wildman–Crippen LogP) is 2.61. The summed E-state index contributed by atoms with van der Waals surface area (Å²) in [6, 6.07) is 13.1. The van der Waals surface area contributed by atoms with Crippen LogP contribution in [0.1, 0.15) is 29.9 Å². The number of ether oxygens (including phenoxy) is 1. The maximum atomic E-state index is 12.3. The Hall–Kier alpha value is -2.56. The van der Waals surface area contributed by atoms with Gasteiger partial charge in [0, 0.05) is 18.8 Å². The molecule has 22 heavy (non-hydrogen) atoms. The first-order valence-electron chi connectivity index (χ1n) is 7.22. The quantitative estimate of drug-likeness (QED) is 0.834. The number of aromatic amines is 1. The number of hydrogen-bond acceptors (Lipinski definition) is 3. The van der Waals surface area contributed by atoms with Crippen LogP contribution in [0.25, 0.3) is 0 Å². The lowest BCUT2D eigenvalue weighted by Gasteiger charge is -2.26. The molecule has 1 amide bonds. The first-order chi connectivity index (χ1) is 10.6. The van der Waals surface area contributed by atoms with Crippen molar-refractivity contribution >= 4 is 11.9 Å². The van der Waals surface area contributed by atoms with E-state index in [0.29, 0.717) is 12.2 Å². The van der Waals surface area contributed by atoms with Gasteiger partial charge in [0.25, 0.3) is 5.91 Å². The smallest absolute Gasteiger partial charge is 0.355 e. The van der Waals surface area contributed by atoms with Gasteiger partial charge in [-0.05, 0) is 31.5 Å². The number of amides is 1. The predicted molar refractivity (Wildman–Crippen MR) is 83.2 cm³/mol. The monoisotopic (exact) mass is 300 g/mol. The van der Waals surface area contributed by atoms with Crippen LogP contribution in [0.4, 0.5) is 0 Å². The van der Waals surface area contributed by atoms with E-state index in [0.717, 1.165) is 5.56 Å². The Morgan fingerprint density at radius 2 is 1.86 bits per heavy atom. The highest BCUT2D eigenvalue weighted by Crippen LogP contribution is 2.09. The first kappa shape index (κ1) is 15.8. The third kappa shape index (κ3) is 4.22. The maximum absolute atomic E-state index is 12.3. The summed E-state index contributed by atoms with van der Waals surface area (Å²) in [5, 5.41) is 0. The fraction of sp³-hybridized carbons (Fsp3) is 0.294. The zero-order valence-electron chi connectivity index (χ0n) is 12.8. The lowest BCUT2D eigenvalue weighted by Crippen LogP contribution is -2.39. The van der Waals surface area contributed by atoms with Crippen LogP contribution in [-0.4, -0.2) is 34.4 Å². The SMILES string of the molecule is CC(C)N(Cc1ccccc1)C(=O)COC(=O)c1ccc[nH]1. The minimum absolute atomic E-state index is 0.0249. The van der Waals surface area contributed by atoms with Crippen molar-refractivity contribution in [3.05, 3.63) is 59.9 Å². The van der Waals surface area contributed by atoms with Crippen LogP contribution in [0.5, 0.6) is 0 Å². The molecule has 1 heterocycles. The molecule has 2 aromatic rings. The number of nitrogens with one attached hydrogen (secondary N) is 1. The van der Waals surface area contributed by atoms with Crippen LogP contribution >= 0.6 is 0 Å². The molecule has 0 fully saturated rings. The summed E-state index contributed by atoms with van der Waals surface area (Å²) < 4.78 is 5.06. The lowest BCUT2D eigenvalue weighted by molar-refractivity contribution is -0.136. The average molecular weight is 300 g/mol. The number of esters is 1. The van der Waals surface area contributed by atoms with Crippen molar-refractivity contribution in [3.8, 4) is 0 Å². The Balaban J connectivity index is 1.94. The van der Waals surface area contributed by atoms with E-state index in [-0.39, 0.29) is 18.6 Å². The van der Waals surface area contributed by atoms with Gasteiger partial charge < -0.3 is 14.6 Å². The van der Waals surface area contributed by atoms with Gasteiger partial charge in [0.15, 0.2) is 6.61 Å². The molecule has 1 N–H and O–H groups in total. The molecule has 116 valence electrons. The fourth-order valence-corrected chi connectivity index (χ4v) is 2.08. The number of hydrogen-bond donors (Lipinski definition) is 1. The molecular formula is C17H20N2O3. The molecule has 0 spiro atoms. The minimum atomic E-state index is -0.526. The number of rotatable bonds is 6. The third-order valence-electron chi connectivity index (χ3n) is 3.28. The highest BCUT2D eigenvalue weighted by Gasteiger charge is 2.19. The highest BCUT2D eigenvalue weighted by molar-refractivity contribution is 5.89. The van der Waals surface area contributed by atoms with Crippen LogP contribution in [0, 0.1) is 0 Å². The van der Waals surface area contributed by atoms with E-state index in [2.05, 4.69) is 4.98 Å². The van der Waals surface area contributed by atoms with E-state index < -0.39 is 5.97 Å². The summed E-state index contributed by atoms with van der Waals surface area (Å²) in [5.74, 6) is -0.736. The van der Waals surface area contributed by atoms with E-state index in [9.17, 15) is 9.59 Å². The summed E-state index contributed by atoms with van der Waals surface area (Å²) in [4.78, 5) is 28.5. The molecule has 0 saturated carbocycles. The second kappa shape index (κ2) is 7.45. The molecule has 1 aromatic heterocycles. The Morgan fingerprint density at radius 3 is 2.45 bits per heavy atom. The van der Waals surface area contributed by atoms with Gasteiger partial charge in [-0.2, -0.15) is 0 Å². The number of carbonyl (C=O) groups excluding carboxylic acids is 2. The molecule has 5 nitrogen and oxygen atoms in total. The molecule has 0 unspecified atom stereocenters. The lowest BCUT2D eigenvalue weighted by atomic mass is 10.2. The van der Waals surface area contributed by atoms with Crippen LogP contribution in [0.3, 0.4) is 0 Å². The second-order valence-electron chi connectivity index (χ2n) is 5.26. The zero-order valence-corrected chi connectivity index (χ0v) is 12.8. The zero-order chi connectivity index (χ0) is 15.9. The summed E-state index contributed by atoms with van der Waals surface area (Å²) in [5.41, 5.74) is 1.38. The van der Waals surface area contributed by atoms with Crippen LogP contribution in [-0.2, 0) is 16.1 Å². The number of H-pyrrole nitrogens is 1. The number of benzene rings is 1. The summed E-state index contributed by atoms with van der Waals surface area (Å²) in [7, 11) is 0. The van der Waals surface area contributed by atoms with Crippen molar-refractivity contribution in [1.29, 1.82) is 0 Å². The molecule has 0 atom stereocenters. The second-order valence-corrected chi connectivity index (χ2v) is 5.26. The molecule has 0 aliphatic rings. The normalized spacial score (nSPS) is 10.5. The Labute approximate surface area is 129 Å². The molecule has 0 aliphatic carbocycles. The Kier molecular flexibility index (Phi) is 5.36. The molecule has 5 heteroatoms. The third-order valence-corrected chi connectivity index (χ3v) is 3.28. The van der Waals surface area contributed by atoms with Gasteiger partial charge >= 0.3 is 5.97 Å².